The second-order valence-corrected chi connectivity index (χ2v) is 5.94. The second-order valence-electron chi connectivity index (χ2n) is 5.94. The highest BCUT2D eigenvalue weighted by Crippen LogP contribution is 2.13. The highest BCUT2D eigenvalue weighted by Gasteiger charge is 2.23. The summed E-state index contributed by atoms with van der Waals surface area (Å²) in [5.41, 5.74) is -0.0168. The van der Waals surface area contributed by atoms with Crippen LogP contribution in [0.3, 0.4) is 0 Å². The van der Waals surface area contributed by atoms with Crippen molar-refractivity contribution in [1.82, 2.24) is 5.32 Å². The maximum absolute atomic E-state index is 13.6. The highest BCUT2D eigenvalue weighted by molar-refractivity contribution is 5.94. The predicted octanol–water partition coefficient (Wildman–Crippen LogP) is 3.69. The van der Waals surface area contributed by atoms with Crippen molar-refractivity contribution in [2.24, 2.45) is 0 Å². The molecule has 0 aromatic heterocycles. The molecule has 1 amide bonds. The van der Waals surface area contributed by atoms with Crippen LogP contribution in [0.25, 0.3) is 0 Å². The molecule has 0 aliphatic heterocycles. The van der Waals surface area contributed by atoms with Gasteiger partial charge in [0.15, 0.2) is 0 Å². The van der Waals surface area contributed by atoms with E-state index in [9.17, 15) is 13.6 Å². The monoisotopic (exact) mass is 319 g/mol. The molecule has 0 aliphatic rings. The van der Waals surface area contributed by atoms with E-state index < -0.39 is 23.1 Å². The van der Waals surface area contributed by atoms with Gasteiger partial charge in [0.05, 0.1) is 24.3 Å². The minimum Gasteiger partial charge on any atom is -0.374 e. The number of carbonyl (C=O) groups is 1. The van der Waals surface area contributed by atoms with E-state index in [1.807, 2.05) is 30.3 Å². The van der Waals surface area contributed by atoms with Gasteiger partial charge in [-0.15, -0.1) is 0 Å². The van der Waals surface area contributed by atoms with Gasteiger partial charge in [-0.05, 0) is 37.6 Å². The molecule has 23 heavy (non-hydrogen) atoms. The van der Waals surface area contributed by atoms with E-state index in [4.69, 9.17) is 4.74 Å². The van der Waals surface area contributed by atoms with Crippen LogP contribution in [0, 0.1) is 11.6 Å². The minimum absolute atomic E-state index is 0.241. The Kier molecular flexibility index (Phi) is 5.45. The maximum atomic E-state index is 13.6. The lowest BCUT2D eigenvalue weighted by molar-refractivity contribution is 0.0614. The highest BCUT2D eigenvalue weighted by atomic mass is 19.1. The summed E-state index contributed by atoms with van der Waals surface area (Å²) in [6, 6.07) is 12.4. The molecule has 0 saturated carbocycles. The van der Waals surface area contributed by atoms with Crippen molar-refractivity contribution >= 4 is 5.91 Å². The number of rotatable bonds is 6. The quantitative estimate of drug-likeness (QED) is 0.882. The van der Waals surface area contributed by atoms with Crippen LogP contribution in [0.2, 0.25) is 0 Å². The maximum Gasteiger partial charge on any atom is 0.254 e. The van der Waals surface area contributed by atoms with Gasteiger partial charge in [-0.2, -0.15) is 0 Å². The fourth-order valence-electron chi connectivity index (χ4n) is 2.08. The average Bonchev–Trinajstić information content (AvgIpc) is 2.50. The smallest absolute Gasteiger partial charge is 0.254 e. The molecule has 2 aromatic carbocycles. The number of ether oxygens (including phenoxy) is 1. The van der Waals surface area contributed by atoms with Gasteiger partial charge in [0.2, 0.25) is 0 Å². The zero-order valence-corrected chi connectivity index (χ0v) is 13.1. The largest absolute Gasteiger partial charge is 0.374 e. The third-order valence-corrected chi connectivity index (χ3v) is 3.20. The Bertz CT molecular complexity index is 672. The molecule has 2 rings (SSSR count). The number of carbonyl (C=O) groups excluding carboxylic acids is 1. The van der Waals surface area contributed by atoms with Crippen molar-refractivity contribution in [1.29, 1.82) is 0 Å². The average molecular weight is 319 g/mol. The summed E-state index contributed by atoms with van der Waals surface area (Å²) in [6.45, 7) is 4.17. The molecule has 5 heteroatoms. The van der Waals surface area contributed by atoms with Crippen molar-refractivity contribution < 1.29 is 18.3 Å². The Morgan fingerprint density at radius 2 is 1.83 bits per heavy atom. The van der Waals surface area contributed by atoms with Crippen LogP contribution in [0.4, 0.5) is 8.78 Å². The molecule has 0 aliphatic carbocycles. The van der Waals surface area contributed by atoms with Crippen molar-refractivity contribution in [3.63, 3.8) is 0 Å². The first kappa shape index (κ1) is 17.1. The summed E-state index contributed by atoms with van der Waals surface area (Å²) >= 11 is 0. The molecule has 0 unspecified atom stereocenters. The minimum atomic E-state index is -0.759. The third-order valence-electron chi connectivity index (χ3n) is 3.20. The van der Waals surface area contributed by atoms with Gasteiger partial charge in [-0.1, -0.05) is 30.3 Å². The van der Waals surface area contributed by atoms with Gasteiger partial charge in [-0.3, -0.25) is 4.79 Å². The second kappa shape index (κ2) is 7.33. The van der Waals surface area contributed by atoms with E-state index >= 15 is 0 Å². The Labute approximate surface area is 134 Å². The van der Waals surface area contributed by atoms with Crippen molar-refractivity contribution in [2.75, 3.05) is 6.61 Å². The summed E-state index contributed by atoms with van der Waals surface area (Å²) in [7, 11) is 0. The third kappa shape index (κ3) is 5.14. The summed E-state index contributed by atoms with van der Waals surface area (Å²) in [4.78, 5) is 12.1. The summed E-state index contributed by atoms with van der Waals surface area (Å²) in [6.07, 6.45) is 0. The predicted molar refractivity (Wildman–Crippen MR) is 84.0 cm³/mol. The van der Waals surface area contributed by atoms with Crippen LogP contribution in [-0.2, 0) is 11.3 Å². The van der Waals surface area contributed by atoms with E-state index in [0.29, 0.717) is 6.61 Å². The first-order valence-corrected chi connectivity index (χ1v) is 7.27. The first-order chi connectivity index (χ1) is 10.9. The molecule has 3 nitrogen and oxygen atoms in total. The molecule has 2 aromatic rings. The van der Waals surface area contributed by atoms with E-state index in [2.05, 4.69) is 5.32 Å². The Morgan fingerprint density at radius 3 is 2.52 bits per heavy atom. The Balaban J connectivity index is 1.92. The van der Waals surface area contributed by atoms with Crippen molar-refractivity contribution in [3.8, 4) is 0 Å². The molecule has 0 atom stereocenters. The normalized spacial score (nSPS) is 11.3. The van der Waals surface area contributed by atoms with Crippen molar-refractivity contribution in [2.45, 2.75) is 26.0 Å². The Morgan fingerprint density at radius 1 is 1.13 bits per heavy atom. The van der Waals surface area contributed by atoms with Crippen LogP contribution in [-0.4, -0.2) is 18.1 Å². The van der Waals surface area contributed by atoms with Gasteiger partial charge in [-0.25, -0.2) is 8.78 Å². The van der Waals surface area contributed by atoms with Gasteiger partial charge < -0.3 is 10.1 Å². The molecule has 0 heterocycles. The van der Waals surface area contributed by atoms with E-state index in [0.717, 1.165) is 23.8 Å². The molecule has 122 valence electrons. The standard InChI is InChI=1S/C18H19F2NO2/c1-18(2,12-23-11-13-6-4-3-5-7-13)21-17(22)15-10-14(19)8-9-16(15)20/h3-10H,11-12H2,1-2H3,(H,21,22). The molecular weight excluding hydrogens is 300 g/mol. The molecular formula is C18H19F2NO2. The Hall–Kier alpha value is -2.27. The molecule has 0 radical (unpaired) electrons. The molecule has 0 bridgehead atoms. The van der Waals surface area contributed by atoms with Gasteiger partial charge >= 0.3 is 0 Å². The number of benzene rings is 2. The molecule has 1 N–H and O–H groups in total. The zero-order valence-electron chi connectivity index (χ0n) is 13.1. The lowest BCUT2D eigenvalue weighted by atomic mass is 10.1. The fourth-order valence-corrected chi connectivity index (χ4v) is 2.08. The number of hydrogen-bond donors (Lipinski definition) is 1. The van der Waals surface area contributed by atoms with E-state index in [1.54, 1.807) is 13.8 Å². The number of halogens is 2. The molecule has 0 spiro atoms. The van der Waals surface area contributed by atoms with Crippen molar-refractivity contribution in [3.05, 3.63) is 71.3 Å². The summed E-state index contributed by atoms with van der Waals surface area (Å²) in [5, 5.41) is 2.66. The van der Waals surface area contributed by atoms with Crippen LogP contribution in [0.5, 0.6) is 0 Å². The molecule has 0 saturated heterocycles. The zero-order chi connectivity index (χ0) is 16.9. The lowest BCUT2D eigenvalue weighted by Crippen LogP contribution is -2.47. The summed E-state index contributed by atoms with van der Waals surface area (Å²) < 4.78 is 32.4. The van der Waals surface area contributed by atoms with Crippen LogP contribution in [0.1, 0.15) is 29.8 Å². The van der Waals surface area contributed by atoms with E-state index in [-0.39, 0.29) is 12.2 Å². The lowest BCUT2D eigenvalue weighted by Gasteiger charge is -2.26. The van der Waals surface area contributed by atoms with E-state index in [1.165, 1.54) is 0 Å². The van der Waals surface area contributed by atoms with Gasteiger partial charge in [0.1, 0.15) is 11.6 Å². The van der Waals surface area contributed by atoms with Crippen LogP contribution in [0.15, 0.2) is 48.5 Å². The number of nitrogens with one attached hydrogen (secondary N) is 1. The van der Waals surface area contributed by atoms with Crippen LogP contribution < -0.4 is 5.32 Å². The van der Waals surface area contributed by atoms with Gasteiger partial charge in [0, 0.05) is 0 Å². The topological polar surface area (TPSA) is 38.3 Å². The molecule has 0 fully saturated rings. The van der Waals surface area contributed by atoms with Crippen LogP contribution >= 0.6 is 0 Å². The SMILES string of the molecule is CC(C)(COCc1ccccc1)NC(=O)c1cc(F)ccc1F. The number of hydrogen-bond acceptors (Lipinski definition) is 2. The number of amides is 1. The first-order valence-electron chi connectivity index (χ1n) is 7.27. The summed E-state index contributed by atoms with van der Waals surface area (Å²) in [5.74, 6) is -2.09. The van der Waals surface area contributed by atoms with Gasteiger partial charge in [0.25, 0.3) is 5.91 Å². The fraction of sp³-hybridized carbons (Fsp3) is 0.278.